The Bertz CT molecular complexity index is 340. The lowest BCUT2D eigenvalue weighted by molar-refractivity contribution is -0.135. The van der Waals surface area contributed by atoms with Crippen molar-refractivity contribution in [3.8, 4) is 0 Å². The van der Waals surface area contributed by atoms with E-state index in [2.05, 4.69) is 11.9 Å². The zero-order valence-corrected chi connectivity index (χ0v) is 8.82. The molecule has 0 bridgehead atoms. The van der Waals surface area contributed by atoms with Gasteiger partial charge in [0, 0.05) is 6.42 Å². The van der Waals surface area contributed by atoms with E-state index in [1.165, 1.54) is 0 Å². The normalized spacial score (nSPS) is 23.0. The first kappa shape index (κ1) is 11.4. The first-order valence-corrected chi connectivity index (χ1v) is 4.94. The van der Waals surface area contributed by atoms with Gasteiger partial charge in [0.05, 0.1) is 5.92 Å². The van der Waals surface area contributed by atoms with Crippen molar-refractivity contribution in [2.24, 2.45) is 5.92 Å². The third kappa shape index (κ3) is 3.20. The lowest BCUT2D eigenvalue weighted by Crippen LogP contribution is -2.41. The average molecular weight is 205 g/mol. The molecule has 80 valence electrons. The molecule has 1 aliphatic rings. The van der Waals surface area contributed by atoms with E-state index in [4.69, 9.17) is 0 Å². The molecular formula is C12H15NO2. The van der Waals surface area contributed by atoms with Crippen LogP contribution in [-0.4, -0.2) is 11.8 Å². The molecule has 0 aromatic rings. The van der Waals surface area contributed by atoms with E-state index in [-0.39, 0.29) is 17.7 Å². The number of hydrogen-bond acceptors (Lipinski definition) is 2. The van der Waals surface area contributed by atoms with E-state index in [1.54, 1.807) is 12.2 Å². The van der Waals surface area contributed by atoms with Gasteiger partial charge in [-0.2, -0.15) is 0 Å². The third-order valence-corrected chi connectivity index (χ3v) is 2.40. The highest BCUT2D eigenvalue weighted by molar-refractivity contribution is 5.99. The van der Waals surface area contributed by atoms with Crippen molar-refractivity contribution in [2.45, 2.75) is 19.8 Å². The van der Waals surface area contributed by atoms with Gasteiger partial charge in [-0.25, -0.2) is 0 Å². The molecule has 1 aliphatic heterocycles. The lowest BCUT2D eigenvalue weighted by Gasteiger charge is -2.21. The molecule has 1 fully saturated rings. The predicted molar refractivity (Wildman–Crippen MR) is 59.0 cm³/mol. The van der Waals surface area contributed by atoms with Crippen molar-refractivity contribution >= 4 is 11.8 Å². The largest absolute Gasteiger partial charge is 0.296 e. The highest BCUT2D eigenvalue weighted by Crippen LogP contribution is 2.20. The molecule has 0 spiro atoms. The highest BCUT2D eigenvalue weighted by atomic mass is 16.2. The molecule has 0 aromatic heterocycles. The van der Waals surface area contributed by atoms with Crippen LogP contribution in [0.5, 0.6) is 0 Å². The zero-order valence-electron chi connectivity index (χ0n) is 8.82. The predicted octanol–water partition coefficient (Wildman–Crippen LogP) is 1.73. The topological polar surface area (TPSA) is 46.2 Å². The Hall–Kier alpha value is -1.64. The summed E-state index contributed by atoms with van der Waals surface area (Å²) in [6.45, 7) is 5.45. The molecule has 1 N–H and O–H groups in total. The van der Waals surface area contributed by atoms with Crippen LogP contribution in [-0.2, 0) is 9.59 Å². The molecule has 1 unspecified atom stereocenters. The van der Waals surface area contributed by atoms with Crippen molar-refractivity contribution < 1.29 is 9.59 Å². The Labute approximate surface area is 89.6 Å². The van der Waals surface area contributed by atoms with Crippen LogP contribution in [0.4, 0.5) is 0 Å². The third-order valence-electron chi connectivity index (χ3n) is 2.40. The van der Waals surface area contributed by atoms with Crippen molar-refractivity contribution in [1.29, 1.82) is 0 Å². The Morgan fingerprint density at radius 1 is 1.47 bits per heavy atom. The van der Waals surface area contributed by atoms with Gasteiger partial charge in [0.25, 0.3) is 0 Å². The smallest absolute Gasteiger partial charge is 0.233 e. The monoisotopic (exact) mass is 205 g/mol. The van der Waals surface area contributed by atoms with Crippen molar-refractivity contribution in [2.75, 3.05) is 0 Å². The van der Waals surface area contributed by atoms with E-state index in [9.17, 15) is 9.59 Å². The lowest BCUT2D eigenvalue weighted by atomic mass is 9.91. The second-order valence-corrected chi connectivity index (χ2v) is 3.53. The van der Waals surface area contributed by atoms with E-state index < -0.39 is 0 Å². The molecule has 15 heavy (non-hydrogen) atoms. The summed E-state index contributed by atoms with van der Waals surface area (Å²) >= 11 is 0. The first-order chi connectivity index (χ1) is 7.15. The van der Waals surface area contributed by atoms with E-state index in [0.717, 1.165) is 5.57 Å². The van der Waals surface area contributed by atoms with E-state index in [1.807, 2.05) is 19.1 Å². The molecule has 0 aliphatic carbocycles. The molecule has 1 heterocycles. The van der Waals surface area contributed by atoms with Crippen LogP contribution in [0.2, 0.25) is 0 Å². The second kappa shape index (κ2) is 5.29. The van der Waals surface area contributed by atoms with Gasteiger partial charge in [0.2, 0.25) is 11.8 Å². The first-order valence-electron chi connectivity index (χ1n) is 4.94. The molecule has 0 saturated carbocycles. The summed E-state index contributed by atoms with van der Waals surface area (Å²) in [6.07, 6.45) is 8.22. The minimum absolute atomic E-state index is 0.169. The van der Waals surface area contributed by atoms with Crippen LogP contribution in [0.3, 0.4) is 0 Å². The maximum Gasteiger partial charge on any atom is 0.233 e. The molecular weight excluding hydrogens is 190 g/mol. The molecule has 1 rings (SSSR count). The van der Waals surface area contributed by atoms with Gasteiger partial charge in [-0.3, -0.25) is 14.9 Å². The number of rotatable bonds is 3. The summed E-state index contributed by atoms with van der Waals surface area (Å²) in [7, 11) is 0. The van der Waals surface area contributed by atoms with Gasteiger partial charge >= 0.3 is 0 Å². The Balaban J connectivity index is 2.67. The summed E-state index contributed by atoms with van der Waals surface area (Å²) in [5.41, 5.74) is 0.970. The number of amides is 2. The number of piperidine rings is 1. The van der Waals surface area contributed by atoms with Gasteiger partial charge in [0.15, 0.2) is 0 Å². The fraction of sp³-hybridized carbons (Fsp3) is 0.333. The number of carbonyl (C=O) groups is 2. The molecule has 1 saturated heterocycles. The molecule has 0 radical (unpaired) electrons. The number of carbonyl (C=O) groups excluding carboxylic acids is 2. The molecule has 0 aromatic carbocycles. The van der Waals surface area contributed by atoms with E-state index in [0.29, 0.717) is 12.8 Å². The molecule has 3 nitrogen and oxygen atoms in total. The van der Waals surface area contributed by atoms with Crippen LogP contribution in [0.15, 0.2) is 36.5 Å². The fourth-order valence-electron chi connectivity index (χ4n) is 1.53. The van der Waals surface area contributed by atoms with Gasteiger partial charge in [-0.15, -0.1) is 0 Å². The number of hydrogen-bond donors (Lipinski definition) is 1. The van der Waals surface area contributed by atoms with E-state index >= 15 is 0 Å². The fourth-order valence-corrected chi connectivity index (χ4v) is 1.53. The van der Waals surface area contributed by atoms with Crippen molar-refractivity contribution in [3.63, 3.8) is 0 Å². The summed E-state index contributed by atoms with van der Waals surface area (Å²) in [5.74, 6) is -0.533. The maximum absolute atomic E-state index is 11.5. The zero-order chi connectivity index (χ0) is 11.3. The van der Waals surface area contributed by atoms with Crippen LogP contribution >= 0.6 is 0 Å². The summed E-state index contributed by atoms with van der Waals surface area (Å²) < 4.78 is 0. The summed E-state index contributed by atoms with van der Waals surface area (Å²) in [5, 5.41) is 2.34. The van der Waals surface area contributed by atoms with Crippen LogP contribution in [0.25, 0.3) is 0 Å². The molecule has 1 atom stereocenters. The van der Waals surface area contributed by atoms with Crippen molar-refractivity contribution in [3.05, 3.63) is 36.5 Å². The standard InChI is InChI=1S/C12H15NO2/c1-3-4-5-6-9(2)10-7-8-11(14)13-12(10)15/h3-6,10H,1,7-8H2,2H3,(H,13,14,15)/b5-4-,9-6+. The van der Waals surface area contributed by atoms with Crippen LogP contribution < -0.4 is 5.32 Å². The number of allylic oxidation sites excluding steroid dienone is 4. The van der Waals surface area contributed by atoms with Gasteiger partial charge < -0.3 is 0 Å². The molecule has 3 heteroatoms. The van der Waals surface area contributed by atoms with Crippen LogP contribution in [0, 0.1) is 5.92 Å². The highest BCUT2D eigenvalue weighted by Gasteiger charge is 2.27. The average Bonchev–Trinajstić information content (AvgIpc) is 2.17. The van der Waals surface area contributed by atoms with Crippen molar-refractivity contribution in [1.82, 2.24) is 5.32 Å². The van der Waals surface area contributed by atoms with Gasteiger partial charge in [0.1, 0.15) is 0 Å². The van der Waals surface area contributed by atoms with Crippen LogP contribution in [0.1, 0.15) is 19.8 Å². The number of nitrogens with one attached hydrogen (secondary N) is 1. The van der Waals surface area contributed by atoms with Gasteiger partial charge in [-0.05, 0) is 13.3 Å². The SMILES string of the molecule is C=C/C=C\C=C(/C)C1CCC(=O)NC1=O. The van der Waals surface area contributed by atoms with Gasteiger partial charge in [-0.1, -0.05) is 36.5 Å². The molecule has 2 amide bonds. The Kier molecular flexibility index (Phi) is 4.03. The minimum atomic E-state index is -0.188. The quantitative estimate of drug-likeness (QED) is 0.563. The number of imide groups is 1. The Morgan fingerprint density at radius 2 is 2.20 bits per heavy atom. The second-order valence-electron chi connectivity index (χ2n) is 3.53. The summed E-state index contributed by atoms with van der Waals surface area (Å²) in [6, 6.07) is 0. The summed E-state index contributed by atoms with van der Waals surface area (Å²) in [4.78, 5) is 22.4. The maximum atomic E-state index is 11.5. The minimum Gasteiger partial charge on any atom is -0.296 e. The Morgan fingerprint density at radius 3 is 2.80 bits per heavy atom.